The van der Waals surface area contributed by atoms with E-state index in [1.165, 1.54) is 5.56 Å². The molecule has 0 spiro atoms. The molecule has 0 atom stereocenters. The van der Waals surface area contributed by atoms with E-state index in [0.29, 0.717) is 12.6 Å². The van der Waals surface area contributed by atoms with E-state index in [-0.39, 0.29) is 0 Å². The lowest BCUT2D eigenvalue weighted by molar-refractivity contribution is 0.300. The van der Waals surface area contributed by atoms with Crippen LogP contribution in [0.5, 0.6) is 5.75 Å². The minimum absolute atomic E-state index is 0.456. The van der Waals surface area contributed by atoms with Crippen LogP contribution in [0.3, 0.4) is 0 Å². The Labute approximate surface area is 134 Å². The van der Waals surface area contributed by atoms with Crippen molar-refractivity contribution in [3.63, 3.8) is 0 Å². The maximum atomic E-state index is 5.84. The molecule has 4 heteroatoms. The predicted molar refractivity (Wildman–Crippen MR) is 89.4 cm³/mol. The Morgan fingerprint density at radius 1 is 1.24 bits per heavy atom. The van der Waals surface area contributed by atoms with Gasteiger partial charge in [0.2, 0.25) is 0 Å². The van der Waals surface area contributed by atoms with Gasteiger partial charge in [-0.3, -0.25) is 4.98 Å². The van der Waals surface area contributed by atoms with Crippen LogP contribution in [-0.2, 0) is 13.2 Å². The molecular weight excluding hydrogens is 328 g/mol. The highest BCUT2D eigenvalue weighted by Gasteiger charge is 2.04. The molecule has 1 heterocycles. The lowest BCUT2D eigenvalue weighted by Gasteiger charge is -2.12. The zero-order valence-corrected chi connectivity index (χ0v) is 14.3. The van der Waals surface area contributed by atoms with Crippen LogP contribution in [0.2, 0.25) is 0 Å². The summed E-state index contributed by atoms with van der Waals surface area (Å²) >= 11 is 3.58. The van der Waals surface area contributed by atoms with Crippen molar-refractivity contribution >= 4 is 15.9 Å². The third-order valence-electron chi connectivity index (χ3n) is 3.05. The topological polar surface area (TPSA) is 34.1 Å². The number of pyridine rings is 1. The van der Waals surface area contributed by atoms with Crippen molar-refractivity contribution in [3.8, 4) is 5.75 Å². The summed E-state index contributed by atoms with van der Waals surface area (Å²) in [6, 6.07) is 12.5. The van der Waals surface area contributed by atoms with E-state index in [0.717, 1.165) is 28.2 Å². The van der Waals surface area contributed by atoms with Crippen molar-refractivity contribution in [2.75, 3.05) is 0 Å². The van der Waals surface area contributed by atoms with Crippen molar-refractivity contribution < 1.29 is 4.74 Å². The summed E-state index contributed by atoms with van der Waals surface area (Å²) in [7, 11) is 0. The highest BCUT2D eigenvalue weighted by molar-refractivity contribution is 9.10. The molecule has 0 fully saturated rings. The fourth-order valence-corrected chi connectivity index (χ4v) is 2.31. The third kappa shape index (κ3) is 5.14. The Hall–Kier alpha value is -1.39. The first kappa shape index (κ1) is 16.0. The predicted octanol–water partition coefficient (Wildman–Crippen LogP) is 4.23. The summed E-state index contributed by atoms with van der Waals surface area (Å²) in [5.41, 5.74) is 3.15. The monoisotopic (exact) mass is 348 g/mol. The second-order valence-electron chi connectivity index (χ2n) is 5.35. The second kappa shape index (κ2) is 7.57. The van der Waals surface area contributed by atoms with Gasteiger partial charge in [0.05, 0.1) is 5.69 Å². The number of rotatable bonds is 6. The van der Waals surface area contributed by atoms with Crippen LogP contribution < -0.4 is 10.1 Å². The highest BCUT2D eigenvalue weighted by Crippen LogP contribution is 2.23. The molecule has 21 heavy (non-hydrogen) atoms. The van der Waals surface area contributed by atoms with Crippen molar-refractivity contribution in [2.45, 2.75) is 40.0 Å². The quantitative estimate of drug-likeness (QED) is 0.848. The number of aryl methyl sites for hydroxylation is 1. The Morgan fingerprint density at radius 2 is 2.05 bits per heavy atom. The first-order valence-corrected chi connectivity index (χ1v) is 7.91. The van der Waals surface area contributed by atoms with Crippen LogP contribution in [0.1, 0.15) is 30.8 Å². The molecule has 2 aromatic rings. The molecule has 2 rings (SSSR count). The summed E-state index contributed by atoms with van der Waals surface area (Å²) in [6.07, 6.45) is 0. The number of aromatic nitrogens is 1. The average molecular weight is 349 g/mol. The van der Waals surface area contributed by atoms with Gasteiger partial charge in [-0.05, 0) is 42.8 Å². The first-order valence-electron chi connectivity index (χ1n) is 7.12. The highest BCUT2D eigenvalue weighted by atomic mass is 79.9. The van der Waals surface area contributed by atoms with E-state index >= 15 is 0 Å². The summed E-state index contributed by atoms with van der Waals surface area (Å²) < 4.78 is 6.93. The lowest BCUT2D eigenvalue weighted by atomic mass is 10.2. The number of nitrogens with zero attached hydrogens (tertiary/aromatic N) is 1. The molecule has 0 aliphatic rings. The van der Waals surface area contributed by atoms with Crippen LogP contribution >= 0.6 is 15.9 Å². The van der Waals surface area contributed by atoms with Crippen molar-refractivity contribution in [1.82, 2.24) is 10.3 Å². The molecule has 0 saturated heterocycles. The molecule has 1 aromatic heterocycles. The number of nitrogens with one attached hydrogen (secondary N) is 1. The van der Waals surface area contributed by atoms with Gasteiger partial charge in [-0.2, -0.15) is 0 Å². The van der Waals surface area contributed by atoms with Gasteiger partial charge in [0, 0.05) is 22.8 Å². The van der Waals surface area contributed by atoms with E-state index in [9.17, 15) is 0 Å². The summed E-state index contributed by atoms with van der Waals surface area (Å²) in [5, 5.41) is 3.41. The summed E-state index contributed by atoms with van der Waals surface area (Å²) in [6.45, 7) is 7.56. The Bertz CT molecular complexity index is 599. The molecule has 0 saturated carbocycles. The number of benzene rings is 1. The number of hydrogen-bond donors (Lipinski definition) is 1. The second-order valence-corrected chi connectivity index (χ2v) is 6.20. The maximum Gasteiger partial charge on any atom is 0.130 e. The molecule has 112 valence electrons. The van der Waals surface area contributed by atoms with Gasteiger partial charge in [0.25, 0.3) is 0 Å². The normalized spacial score (nSPS) is 10.9. The van der Waals surface area contributed by atoms with Gasteiger partial charge in [-0.1, -0.05) is 35.8 Å². The number of hydrogen-bond acceptors (Lipinski definition) is 3. The summed E-state index contributed by atoms with van der Waals surface area (Å²) in [4.78, 5) is 4.44. The molecule has 0 aliphatic carbocycles. The van der Waals surface area contributed by atoms with E-state index in [1.807, 2.05) is 37.3 Å². The molecule has 1 aromatic carbocycles. The first-order chi connectivity index (χ1) is 10.0. The molecule has 1 N–H and O–H groups in total. The molecule has 0 bridgehead atoms. The number of ether oxygens (including phenoxy) is 1. The van der Waals surface area contributed by atoms with E-state index in [1.54, 1.807) is 0 Å². The smallest absolute Gasteiger partial charge is 0.130 e. The van der Waals surface area contributed by atoms with Gasteiger partial charge < -0.3 is 10.1 Å². The fraction of sp³-hybridized carbons (Fsp3) is 0.353. The Kier molecular flexibility index (Phi) is 5.76. The Morgan fingerprint density at radius 3 is 2.76 bits per heavy atom. The molecule has 0 amide bonds. The SMILES string of the molecule is Cc1cccc(COc2ccc(Br)c(CNC(C)C)c2)n1. The molecular formula is C17H21BrN2O. The zero-order valence-electron chi connectivity index (χ0n) is 12.7. The van der Waals surface area contributed by atoms with Crippen molar-refractivity contribution in [3.05, 3.63) is 57.8 Å². The largest absolute Gasteiger partial charge is 0.487 e. The zero-order chi connectivity index (χ0) is 15.2. The van der Waals surface area contributed by atoms with Gasteiger partial charge in [-0.25, -0.2) is 0 Å². The fourth-order valence-electron chi connectivity index (χ4n) is 1.93. The minimum Gasteiger partial charge on any atom is -0.487 e. The van der Waals surface area contributed by atoms with Gasteiger partial charge in [0.15, 0.2) is 0 Å². The van der Waals surface area contributed by atoms with E-state index in [2.05, 4.69) is 46.1 Å². The van der Waals surface area contributed by atoms with Crippen LogP contribution in [-0.4, -0.2) is 11.0 Å². The molecule has 0 radical (unpaired) electrons. The Balaban J connectivity index is 2.01. The standard InChI is InChI=1S/C17H21BrN2O/c1-12(2)19-10-14-9-16(7-8-17(14)18)21-11-15-6-4-5-13(3)20-15/h4-9,12,19H,10-11H2,1-3H3. The maximum absolute atomic E-state index is 5.84. The van der Waals surface area contributed by atoms with Gasteiger partial charge in [0.1, 0.15) is 12.4 Å². The molecule has 3 nitrogen and oxygen atoms in total. The van der Waals surface area contributed by atoms with Gasteiger partial charge in [-0.15, -0.1) is 0 Å². The molecule has 0 unspecified atom stereocenters. The van der Waals surface area contributed by atoms with Crippen molar-refractivity contribution in [1.29, 1.82) is 0 Å². The van der Waals surface area contributed by atoms with E-state index < -0.39 is 0 Å². The third-order valence-corrected chi connectivity index (χ3v) is 3.82. The average Bonchev–Trinajstić information content (AvgIpc) is 2.45. The van der Waals surface area contributed by atoms with Crippen LogP contribution in [0.15, 0.2) is 40.9 Å². The van der Waals surface area contributed by atoms with Crippen LogP contribution in [0, 0.1) is 6.92 Å². The van der Waals surface area contributed by atoms with Crippen LogP contribution in [0.25, 0.3) is 0 Å². The molecule has 0 aliphatic heterocycles. The lowest BCUT2D eigenvalue weighted by Crippen LogP contribution is -2.22. The minimum atomic E-state index is 0.456. The van der Waals surface area contributed by atoms with E-state index in [4.69, 9.17) is 4.74 Å². The van der Waals surface area contributed by atoms with Crippen LogP contribution in [0.4, 0.5) is 0 Å². The van der Waals surface area contributed by atoms with Gasteiger partial charge >= 0.3 is 0 Å². The number of halogens is 1. The summed E-state index contributed by atoms with van der Waals surface area (Å²) in [5.74, 6) is 0.863. The van der Waals surface area contributed by atoms with Crippen molar-refractivity contribution in [2.24, 2.45) is 0 Å².